The first-order valence-electron chi connectivity index (χ1n) is 24.6. The first kappa shape index (κ1) is 52.3. The molecule has 67 heavy (non-hydrogen) atoms. The van der Waals surface area contributed by atoms with Crippen molar-refractivity contribution in [2.45, 2.75) is 216 Å². The zero-order valence-electron chi connectivity index (χ0n) is 40.0. The minimum absolute atomic E-state index is 0.0332. The second-order valence-electron chi connectivity index (χ2n) is 22.9. The third kappa shape index (κ3) is 8.32. The molecule has 386 valence electrons. The minimum Gasteiger partial charge on any atom is -0.394 e. The molecule has 8 aliphatic rings. The molecule has 4 saturated heterocycles. The highest BCUT2D eigenvalue weighted by Crippen LogP contribution is 2.80. The molecule has 12 N–H and O–H groups in total. The molecule has 1 spiro atoms. The van der Waals surface area contributed by atoms with Crippen LogP contribution in [0, 0.1) is 45.3 Å². The smallest absolute Gasteiger partial charge is 0.187 e. The molecule has 0 bridgehead atoms. The third-order valence-corrected chi connectivity index (χ3v) is 19.3. The van der Waals surface area contributed by atoms with Gasteiger partial charge in [0.05, 0.1) is 44.7 Å². The Bertz CT molecular complexity index is 1750. The SMILES string of the molecule is CC(=CCCC(C)C1CCC2(C)C3CC4OC45C(CCC(OC4OC(CO)C(O)C(O)C4O)C5(C)C)C3(C)C(O)CC12C)COC1OC(COC2OC(CO)C(O)C(O)C2O)C(O)C(O)C1O. The maximum Gasteiger partial charge on any atom is 0.187 e. The van der Waals surface area contributed by atoms with Gasteiger partial charge in [-0.25, -0.2) is 0 Å². The van der Waals surface area contributed by atoms with Crippen LogP contribution in [0.3, 0.4) is 0 Å². The zero-order chi connectivity index (χ0) is 48.9. The van der Waals surface area contributed by atoms with Gasteiger partial charge in [0, 0.05) is 10.8 Å². The van der Waals surface area contributed by atoms with Gasteiger partial charge in [0.15, 0.2) is 18.9 Å². The van der Waals surface area contributed by atoms with Crippen molar-refractivity contribution in [2.24, 2.45) is 45.3 Å². The predicted octanol–water partition coefficient (Wildman–Crippen LogP) is -1.04. The second kappa shape index (κ2) is 19.1. The van der Waals surface area contributed by atoms with Crippen LogP contribution in [-0.2, 0) is 33.2 Å². The molecule has 0 aromatic carbocycles. The van der Waals surface area contributed by atoms with E-state index in [1.165, 1.54) is 0 Å². The average molecular weight is 961 g/mol. The molecule has 0 aromatic heterocycles. The Morgan fingerprint density at radius 2 is 1.21 bits per heavy atom. The van der Waals surface area contributed by atoms with Crippen LogP contribution >= 0.6 is 0 Å². The first-order valence-corrected chi connectivity index (χ1v) is 24.6. The number of fused-ring (bicyclic) bond motifs is 4. The lowest BCUT2D eigenvalue weighted by atomic mass is 9.36. The van der Waals surface area contributed by atoms with Crippen molar-refractivity contribution >= 4 is 0 Å². The van der Waals surface area contributed by atoms with Crippen molar-refractivity contribution in [1.29, 1.82) is 0 Å². The Kier molecular flexibility index (Phi) is 14.9. The molecular weight excluding hydrogens is 881 g/mol. The lowest BCUT2D eigenvalue weighted by molar-refractivity contribution is -0.330. The van der Waals surface area contributed by atoms with E-state index in [0.29, 0.717) is 24.7 Å². The van der Waals surface area contributed by atoms with Gasteiger partial charge in [-0.05, 0) is 92.8 Å². The molecule has 26 atom stereocenters. The Labute approximate surface area is 392 Å². The largest absolute Gasteiger partial charge is 0.394 e. The van der Waals surface area contributed by atoms with Crippen molar-refractivity contribution in [3.05, 3.63) is 11.6 Å². The highest BCUT2D eigenvalue weighted by molar-refractivity contribution is 5.30. The summed E-state index contributed by atoms with van der Waals surface area (Å²) in [5.41, 5.74) is -0.851. The molecular formula is C48H80O19. The van der Waals surface area contributed by atoms with Gasteiger partial charge in [0.25, 0.3) is 0 Å². The van der Waals surface area contributed by atoms with Gasteiger partial charge in [-0.15, -0.1) is 0 Å². The Morgan fingerprint density at radius 3 is 1.82 bits per heavy atom. The van der Waals surface area contributed by atoms with Gasteiger partial charge in [-0.1, -0.05) is 53.2 Å². The molecule has 0 amide bonds. The molecule has 4 aliphatic carbocycles. The maximum absolute atomic E-state index is 12.6. The van der Waals surface area contributed by atoms with Gasteiger partial charge in [-0.3, -0.25) is 0 Å². The molecule has 8 fully saturated rings. The van der Waals surface area contributed by atoms with E-state index in [-0.39, 0.29) is 35.4 Å². The molecule has 19 heteroatoms. The van der Waals surface area contributed by atoms with Crippen molar-refractivity contribution in [3.63, 3.8) is 0 Å². The summed E-state index contributed by atoms with van der Waals surface area (Å²) in [6.07, 6.45) is -14.1. The van der Waals surface area contributed by atoms with Crippen LogP contribution in [-0.4, -0.2) is 204 Å². The summed E-state index contributed by atoms with van der Waals surface area (Å²) in [5, 5.41) is 126. The Hall–Kier alpha value is -1.02. The molecule has 26 unspecified atom stereocenters. The summed E-state index contributed by atoms with van der Waals surface area (Å²) in [7, 11) is 0. The van der Waals surface area contributed by atoms with E-state index in [9.17, 15) is 61.3 Å². The molecule has 4 saturated carbocycles. The summed E-state index contributed by atoms with van der Waals surface area (Å²) >= 11 is 0. The molecule has 19 nitrogen and oxygen atoms in total. The molecule has 8 rings (SSSR count). The number of aliphatic hydroxyl groups excluding tert-OH is 12. The molecule has 0 aromatic rings. The first-order chi connectivity index (χ1) is 31.4. The van der Waals surface area contributed by atoms with E-state index in [2.05, 4.69) is 47.6 Å². The van der Waals surface area contributed by atoms with Gasteiger partial charge >= 0.3 is 0 Å². The van der Waals surface area contributed by atoms with Gasteiger partial charge < -0.3 is 94.4 Å². The predicted molar refractivity (Wildman–Crippen MR) is 233 cm³/mol. The van der Waals surface area contributed by atoms with Crippen molar-refractivity contribution < 1.29 is 94.4 Å². The fourth-order valence-electron chi connectivity index (χ4n) is 15.0. The summed E-state index contributed by atoms with van der Waals surface area (Å²) in [4.78, 5) is 0. The van der Waals surface area contributed by atoms with Crippen LogP contribution in [0.25, 0.3) is 0 Å². The zero-order valence-corrected chi connectivity index (χ0v) is 40.0. The van der Waals surface area contributed by atoms with Crippen LogP contribution in [0.2, 0.25) is 0 Å². The van der Waals surface area contributed by atoms with Gasteiger partial charge in [0.2, 0.25) is 0 Å². The number of rotatable bonds is 14. The lowest BCUT2D eigenvalue weighted by Gasteiger charge is -2.68. The highest BCUT2D eigenvalue weighted by atomic mass is 16.7. The standard InChI is InChI=1S/C48H80O19/c1-21(19-61-41-39(59)37(57)34(54)26(65-41)20-62-42-38(58)35(55)32(52)24(17-49)63-42)9-8-10-22(2)23-13-14-45(5)28-15-31-48(67-31)27(47(28,7)29(51)16-46(23,45)6)11-12-30(44(48,3)4)66-43-40(60)36(56)33(53)25(18-50)64-43/h9,22-43,49-60H,8,10-20H2,1-7H3. The fourth-order valence-corrected chi connectivity index (χ4v) is 15.0. The molecule has 4 aliphatic heterocycles. The highest BCUT2D eigenvalue weighted by Gasteiger charge is 2.83. The summed E-state index contributed by atoms with van der Waals surface area (Å²) in [6, 6.07) is 0. The van der Waals surface area contributed by atoms with Crippen molar-refractivity contribution in [3.8, 4) is 0 Å². The quantitative estimate of drug-likeness (QED) is 0.0562. The number of epoxide rings is 1. The van der Waals surface area contributed by atoms with E-state index < -0.39 is 141 Å². The van der Waals surface area contributed by atoms with Crippen LogP contribution in [0.1, 0.15) is 99.8 Å². The fraction of sp³-hybridized carbons (Fsp3) is 0.958. The third-order valence-electron chi connectivity index (χ3n) is 19.3. The number of ether oxygens (including phenoxy) is 7. The molecule has 0 radical (unpaired) electrons. The monoisotopic (exact) mass is 961 g/mol. The van der Waals surface area contributed by atoms with E-state index in [0.717, 1.165) is 44.1 Å². The number of hydrogen-bond donors (Lipinski definition) is 12. The Balaban J connectivity index is 0.866. The lowest BCUT2D eigenvalue weighted by Crippen LogP contribution is -2.70. The Morgan fingerprint density at radius 1 is 0.657 bits per heavy atom. The van der Waals surface area contributed by atoms with Crippen LogP contribution < -0.4 is 0 Å². The van der Waals surface area contributed by atoms with Crippen LogP contribution in [0.5, 0.6) is 0 Å². The van der Waals surface area contributed by atoms with E-state index in [1.54, 1.807) is 0 Å². The minimum atomic E-state index is -1.67. The van der Waals surface area contributed by atoms with Crippen LogP contribution in [0.15, 0.2) is 11.6 Å². The molecule has 4 heterocycles. The van der Waals surface area contributed by atoms with E-state index in [4.69, 9.17) is 33.2 Å². The van der Waals surface area contributed by atoms with E-state index >= 15 is 0 Å². The van der Waals surface area contributed by atoms with Crippen LogP contribution in [0.4, 0.5) is 0 Å². The maximum atomic E-state index is 12.6. The number of hydrogen-bond acceptors (Lipinski definition) is 19. The summed E-state index contributed by atoms with van der Waals surface area (Å²) in [6.45, 7) is 14.0. The van der Waals surface area contributed by atoms with Crippen molar-refractivity contribution in [1.82, 2.24) is 0 Å². The number of allylic oxidation sites excluding steroid dienone is 1. The summed E-state index contributed by atoms with van der Waals surface area (Å²) in [5.74, 6) is 0.978. The van der Waals surface area contributed by atoms with Gasteiger partial charge in [-0.2, -0.15) is 0 Å². The van der Waals surface area contributed by atoms with E-state index in [1.807, 2.05) is 6.92 Å². The van der Waals surface area contributed by atoms with Gasteiger partial charge in [0.1, 0.15) is 78.8 Å². The number of aliphatic hydroxyl groups is 12. The van der Waals surface area contributed by atoms with Crippen molar-refractivity contribution in [2.75, 3.05) is 26.4 Å². The normalized spacial score (nSPS) is 54.4. The average Bonchev–Trinajstić information content (AvgIpc) is 3.97. The topological polar surface area (TPSA) is 311 Å². The second-order valence-corrected chi connectivity index (χ2v) is 22.9. The summed E-state index contributed by atoms with van der Waals surface area (Å²) < 4.78 is 41.7.